The third kappa shape index (κ3) is 18.4. The maximum absolute atomic E-state index is 10.0. The molecule has 9 rings (SSSR count). The van der Waals surface area contributed by atoms with Gasteiger partial charge >= 0.3 is 386 Å². The fourth-order valence-corrected chi connectivity index (χ4v) is 21.9. The molecule has 0 spiro atoms. The van der Waals surface area contributed by atoms with E-state index in [0.717, 1.165) is 33.8 Å². The maximum atomic E-state index is 10.0. The van der Waals surface area contributed by atoms with Gasteiger partial charge in [0.2, 0.25) is 0 Å². The van der Waals surface area contributed by atoms with Crippen molar-refractivity contribution in [3.8, 4) is 33.8 Å². The van der Waals surface area contributed by atoms with Gasteiger partial charge in [0.15, 0.2) is 5.78 Å². The molecule has 5 nitrogen and oxygen atoms in total. The predicted molar refractivity (Wildman–Crippen MR) is 302 cm³/mol. The topological polar surface area (TPSA) is 76.0 Å². The van der Waals surface area contributed by atoms with E-state index in [9.17, 15) is 4.79 Å². The van der Waals surface area contributed by atoms with Crippen LogP contribution >= 0.6 is 0 Å². The van der Waals surface area contributed by atoms with Gasteiger partial charge in [-0.15, -0.1) is 0 Å². The second kappa shape index (κ2) is 30.8. The number of allylic oxidation sites excluding steroid dienone is 2. The van der Waals surface area contributed by atoms with E-state index in [2.05, 4.69) is 202 Å². The molecule has 0 aliphatic heterocycles. The van der Waals surface area contributed by atoms with Crippen LogP contribution in [-0.4, -0.2) is 65.6 Å². The van der Waals surface area contributed by atoms with Gasteiger partial charge in [0.1, 0.15) is 0 Å². The molecule has 0 atom stereocenters. The zero-order valence-electron chi connectivity index (χ0n) is 42.6. The average molecular weight is 1680 g/mol. The van der Waals surface area contributed by atoms with E-state index in [-0.39, 0.29) is 71.9 Å². The molecule has 0 saturated heterocycles. The van der Waals surface area contributed by atoms with Crippen LogP contribution in [-0.2, 0) is 65.1 Å². The number of rotatable bonds is 10. The number of benzene rings is 6. The summed E-state index contributed by atoms with van der Waals surface area (Å²) < 4.78 is 8.42. The van der Waals surface area contributed by atoms with Crippen molar-refractivity contribution in [1.29, 1.82) is 0 Å². The summed E-state index contributed by atoms with van der Waals surface area (Å²) in [5.41, 5.74) is 6.12. The van der Waals surface area contributed by atoms with Crippen LogP contribution in [0.1, 0.15) is 13.8 Å². The van der Waals surface area contributed by atoms with Crippen molar-refractivity contribution in [1.82, 2.24) is 15.0 Å². The van der Waals surface area contributed by atoms with E-state index in [4.69, 9.17) is 10.1 Å². The van der Waals surface area contributed by atoms with Gasteiger partial charge < -0.3 is 5.11 Å². The van der Waals surface area contributed by atoms with Crippen molar-refractivity contribution in [2.24, 2.45) is 0 Å². The Morgan fingerprint density at radius 2 is 0.685 bits per heavy atom. The third-order valence-corrected chi connectivity index (χ3v) is 29.9. The van der Waals surface area contributed by atoms with E-state index < -0.39 is 39.8 Å². The van der Waals surface area contributed by atoms with Crippen LogP contribution in [0.25, 0.3) is 33.8 Å². The zero-order chi connectivity index (χ0) is 50.0. The molecule has 73 heavy (non-hydrogen) atoms. The summed E-state index contributed by atoms with van der Waals surface area (Å²) in [5, 5.41) is 8.36. The summed E-state index contributed by atoms with van der Waals surface area (Å²) in [7, 11) is 0. The average Bonchev–Trinajstić information content (AvgIpc) is 3.38. The van der Waals surface area contributed by atoms with Crippen LogP contribution in [0.2, 0.25) is 34.5 Å². The number of ketones is 1. The summed E-state index contributed by atoms with van der Waals surface area (Å²) in [6.07, 6.45) is 7.34. The molecule has 9 aromatic rings. The van der Waals surface area contributed by atoms with Crippen molar-refractivity contribution >= 4 is 72.0 Å². The Balaban J connectivity index is 0.000000285. The molecule has 379 valence electrons. The monoisotopic (exact) mass is 1680 g/mol. The van der Waals surface area contributed by atoms with Crippen LogP contribution in [0.4, 0.5) is 0 Å². The van der Waals surface area contributed by atoms with Crippen LogP contribution < -0.4 is 26.4 Å². The van der Waals surface area contributed by atoms with Gasteiger partial charge in [0.25, 0.3) is 0 Å². The predicted octanol–water partition coefficient (Wildman–Crippen LogP) is 11.1. The molecule has 0 aliphatic rings. The first kappa shape index (κ1) is 62.9. The van der Waals surface area contributed by atoms with Crippen molar-refractivity contribution in [2.75, 3.05) is 0 Å². The van der Waals surface area contributed by atoms with Gasteiger partial charge in [-0.3, -0.25) is 4.79 Å². The fraction of sp³-hybridized carbons (Fsp3) is 0.129. The number of carbonyl (C=O) groups is 1. The number of nitrogens with zero attached hydrogens (tertiary/aromatic N) is 3. The van der Waals surface area contributed by atoms with Crippen molar-refractivity contribution < 1.29 is 70.2 Å². The minimum absolute atomic E-state index is 0. The summed E-state index contributed by atoms with van der Waals surface area (Å²) in [6.45, 7) is 2.85. The number of hydrogen-bond acceptors (Lipinski definition) is 5. The Hall–Kier alpha value is -4.44. The number of aromatic nitrogens is 3. The molecule has 0 amide bonds. The minimum atomic E-state index is -3.21. The molecule has 3 heterocycles. The van der Waals surface area contributed by atoms with Crippen LogP contribution in [0.15, 0.2) is 231 Å². The molecular formula is C62H62Ge3Ir3N3O2-3. The molecule has 6 aromatic carbocycles. The molecule has 3 aromatic heterocycles. The third-order valence-electron chi connectivity index (χ3n) is 11.4. The normalized spacial score (nSPS) is 10.9. The summed E-state index contributed by atoms with van der Waals surface area (Å²) in [4.78, 5) is 24.0. The Morgan fingerprint density at radius 1 is 0.397 bits per heavy atom. The summed E-state index contributed by atoms with van der Waals surface area (Å²) >= 11 is -6.64. The first-order valence-corrected chi connectivity index (χ1v) is 42.4. The molecule has 0 aliphatic carbocycles. The zero-order valence-corrected chi connectivity index (χ0v) is 56.0. The Bertz CT molecular complexity index is 2810. The first-order valence-electron chi connectivity index (χ1n) is 23.5. The molecule has 0 bridgehead atoms. The number of aliphatic hydroxyl groups excluding tert-OH is 1. The van der Waals surface area contributed by atoms with E-state index in [1.54, 1.807) is 0 Å². The number of hydrogen-bond donors (Lipinski definition) is 1. The molecular weight excluding hydrogens is 1610 g/mol. The molecule has 0 fully saturated rings. The number of aliphatic hydroxyl groups is 1. The molecule has 0 unspecified atom stereocenters. The SMILES string of the molecule is CC(=O)C=C(C)O.[CH3][Ge]([CH3])([CH3])[c]1ccc(-c2[c-]cccc2)nc1.[CH3][Ge]([CH3])([CH3])[c]1ccc(-c2[c-]cccc2)nc1.[Ir].[Ir].[Ir].[c-]1ccccc1-c1cc[c]([Ge]([c]2ccccc2)([c]2ccccc2)[c]2ccccc2)cn1. The van der Waals surface area contributed by atoms with E-state index in [1.807, 2.05) is 79.1 Å². The number of carbonyl (C=O) groups excluding carboxylic acids is 1. The van der Waals surface area contributed by atoms with E-state index >= 15 is 0 Å². The van der Waals surface area contributed by atoms with E-state index in [1.165, 1.54) is 46.3 Å². The van der Waals surface area contributed by atoms with E-state index in [0.29, 0.717) is 0 Å². The standard InChI is InChI=1S/C29H22GeN.2C14H16GeN.C5H8O2.3Ir/c1-5-13-24(14-6-1)29-22-21-28(23-31-29)30(25-15-7-2-8-16-25,26-17-9-3-10-18-26)27-19-11-4-12-20-27;2*1-15(2,3)13-9-10-14(16-11-13)12-7-5-4-6-8-12;1-4(6)3-5(2)7;;;/h1-13,15-23H;2*4-7,9-11H,1-3H3;3,6H,1-2H3;;;/q3*-1;;;;. The summed E-state index contributed by atoms with van der Waals surface area (Å²) in [5.74, 6) is 14.2. The molecule has 1 N–H and O–H groups in total. The van der Waals surface area contributed by atoms with Crippen molar-refractivity contribution in [2.45, 2.75) is 48.4 Å². The van der Waals surface area contributed by atoms with Crippen LogP contribution in [0.5, 0.6) is 0 Å². The van der Waals surface area contributed by atoms with Crippen LogP contribution in [0.3, 0.4) is 0 Å². The Kier molecular flexibility index (Phi) is 26.5. The van der Waals surface area contributed by atoms with Crippen LogP contribution in [0, 0.1) is 18.2 Å². The first-order chi connectivity index (χ1) is 33.7. The van der Waals surface area contributed by atoms with Gasteiger partial charge in [-0.25, -0.2) is 0 Å². The Morgan fingerprint density at radius 3 is 0.890 bits per heavy atom. The van der Waals surface area contributed by atoms with Crippen molar-refractivity contribution in [3.05, 3.63) is 249 Å². The quantitative estimate of drug-likeness (QED) is 0.0639. The van der Waals surface area contributed by atoms with Gasteiger partial charge in [-0.05, 0) is 13.8 Å². The van der Waals surface area contributed by atoms with Crippen molar-refractivity contribution in [3.63, 3.8) is 0 Å². The molecule has 11 heteroatoms. The Labute approximate surface area is 483 Å². The van der Waals surface area contributed by atoms with Gasteiger partial charge in [0, 0.05) is 66.4 Å². The van der Waals surface area contributed by atoms with Gasteiger partial charge in [-0.2, -0.15) is 0 Å². The van der Waals surface area contributed by atoms with Gasteiger partial charge in [-0.1, -0.05) is 0 Å². The number of pyridine rings is 3. The fourth-order valence-electron chi connectivity index (χ4n) is 7.79. The second-order valence-corrected chi connectivity index (χ2v) is 48.2. The second-order valence-electron chi connectivity index (χ2n) is 18.9. The summed E-state index contributed by atoms with van der Waals surface area (Å²) in [6, 6.07) is 79.7. The molecule has 3 radical (unpaired) electrons. The molecule has 0 saturated carbocycles. The van der Waals surface area contributed by atoms with Gasteiger partial charge in [0.05, 0.1) is 5.76 Å².